The van der Waals surface area contributed by atoms with E-state index in [1.807, 2.05) is 0 Å². The second-order valence-corrected chi connectivity index (χ2v) is 4.96. The van der Waals surface area contributed by atoms with E-state index in [1.54, 1.807) is 0 Å². The van der Waals surface area contributed by atoms with Gasteiger partial charge in [0.15, 0.2) is 0 Å². The first-order chi connectivity index (χ1) is 9.84. The van der Waals surface area contributed by atoms with Crippen LogP contribution in [0.5, 0.6) is 0 Å². The third-order valence-corrected chi connectivity index (χ3v) is 3.35. The van der Waals surface area contributed by atoms with Gasteiger partial charge >= 0.3 is 0 Å². The molecule has 0 unspecified atom stereocenters. The van der Waals surface area contributed by atoms with Crippen molar-refractivity contribution in [1.29, 1.82) is 0 Å². The Bertz CT molecular complexity index is 376. The minimum Gasteiger partial charge on any atom is -0.378 e. The minimum absolute atomic E-state index is 0.0523. The van der Waals surface area contributed by atoms with Crippen LogP contribution in [0.4, 0.5) is 0 Å². The molecule has 7 nitrogen and oxygen atoms in total. The maximum atomic E-state index is 11.6. The predicted octanol–water partition coefficient (Wildman–Crippen LogP) is 0.0122. The summed E-state index contributed by atoms with van der Waals surface area (Å²) < 4.78 is 5.69. The lowest BCUT2D eigenvalue weighted by Crippen LogP contribution is -2.33. The molecule has 0 spiro atoms. The Kier molecular flexibility index (Phi) is 6.46. The first-order valence-electron chi connectivity index (χ1n) is 7.28. The van der Waals surface area contributed by atoms with Crippen molar-refractivity contribution in [3.63, 3.8) is 0 Å². The number of carbonyl (C=O) groups excluding carboxylic acids is 1. The number of aromatic amines is 1. The number of hydrogen-bond donors (Lipinski definition) is 3. The summed E-state index contributed by atoms with van der Waals surface area (Å²) in [6.45, 7) is 3.20. The van der Waals surface area contributed by atoms with E-state index in [0.717, 1.165) is 44.6 Å². The molecule has 0 aromatic carbocycles. The fraction of sp³-hybridized carbons (Fsp3) is 0.769. The second kappa shape index (κ2) is 8.65. The molecule has 1 saturated heterocycles. The molecule has 3 N–H and O–H groups in total. The summed E-state index contributed by atoms with van der Waals surface area (Å²) in [4.78, 5) is 15.6. The Labute approximate surface area is 118 Å². The van der Waals surface area contributed by atoms with Gasteiger partial charge in [0.05, 0.1) is 12.7 Å². The van der Waals surface area contributed by atoms with Crippen molar-refractivity contribution in [3.8, 4) is 0 Å². The van der Waals surface area contributed by atoms with Crippen LogP contribution in [0, 0.1) is 0 Å². The Morgan fingerprint density at radius 2 is 2.30 bits per heavy atom. The van der Waals surface area contributed by atoms with E-state index >= 15 is 0 Å². The number of nitrogens with zero attached hydrogens (tertiary/aromatic N) is 2. The highest BCUT2D eigenvalue weighted by Crippen LogP contribution is 2.07. The zero-order chi connectivity index (χ0) is 14.0. The lowest BCUT2D eigenvalue weighted by Gasteiger charge is -2.22. The number of rotatable bonds is 8. The highest BCUT2D eigenvalue weighted by molar-refractivity contribution is 5.75. The first kappa shape index (κ1) is 14.9. The average Bonchev–Trinajstić information content (AvgIpc) is 2.98. The molecule has 2 rings (SSSR count). The van der Waals surface area contributed by atoms with Crippen LogP contribution in [0.2, 0.25) is 0 Å². The Balaban J connectivity index is 1.45. The van der Waals surface area contributed by atoms with Crippen molar-refractivity contribution in [2.24, 2.45) is 0 Å². The Hall–Kier alpha value is -1.47. The number of aryl methyl sites for hydroxylation is 1. The molecule has 1 aromatic heterocycles. The number of nitrogens with one attached hydrogen (secondary N) is 3. The molecular formula is C13H23N5O2. The summed E-state index contributed by atoms with van der Waals surface area (Å²) in [7, 11) is 0. The SMILES string of the molecule is O=C(CCOC1CCNCC1)NCCCc1ncn[nH]1. The molecule has 0 saturated carbocycles. The molecule has 0 radical (unpaired) electrons. The van der Waals surface area contributed by atoms with Crippen LogP contribution in [0.1, 0.15) is 31.5 Å². The molecule has 20 heavy (non-hydrogen) atoms. The quantitative estimate of drug-likeness (QED) is 0.584. The molecule has 2 heterocycles. The van der Waals surface area contributed by atoms with Gasteiger partial charge in [0.1, 0.15) is 12.2 Å². The molecule has 1 aliphatic rings. The largest absolute Gasteiger partial charge is 0.378 e. The normalized spacial score (nSPS) is 16.2. The summed E-state index contributed by atoms with van der Waals surface area (Å²) in [5.41, 5.74) is 0. The minimum atomic E-state index is 0.0523. The number of carbonyl (C=O) groups is 1. The fourth-order valence-electron chi connectivity index (χ4n) is 2.20. The maximum Gasteiger partial charge on any atom is 0.222 e. The van der Waals surface area contributed by atoms with Gasteiger partial charge in [-0.15, -0.1) is 0 Å². The molecule has 0 atom stereocenters. The fourth-order valence-corrected chi connectivity index (χ4v) is 2.20. The summed E-state index contributed by atoms with van der Waals surface area (Å²) in [5.74, 6) is 0.907. The van der Waals surface area contributed by atoms with Gasteiger partial charge in [-0.1, -0.05) is 0 Å². The van der Waals surface area contributed by atoms with Crippen molar-refractivity contribution >= 4 is 5.91 Å². The van der Waals surface area contributed by atoms with Crippen LogP contribution in [-0.4, -0.2) is 53.4 Å². The highest BCUT2D eigenvalue weighted by atomic mass is 16.5. The van der Waals surface area contributed by atoms with Crippen LogP contribution in [0.15, 0.2) is 6.33 Å². The topological polar surface area (TPSA) is 91.9 Å². The van der Waals surface area contributed by atoms with Crippen LogP contribution < -0.4 is 10.6 Å². The number of hydrogen-bond acceptors (Lipinski definition) is 5. The molecule has 1 amide bonds. The smallest absolute Gasteiger partial charge is 0.222 e. The van der Waals surface area contributed by atoms with Crippen LogP contribution >= 0.6 is 0 Å². The van der Waals surface area contributed by atoms with E-state index in [-0.39, 0.29) is 5.91 Å². The van der Waals surface area contributed by atoms with Gasteiger partial charge in [-0.3, -0.25) is 9.89 Å². The standard InChI is InChI=1S/C13H23N5O2/c19-13(5-9-20-11-3-7-14-8-4-11)15-6-1-2-12-16-10-17-18-12/h10-11,14H,1-9H2,(H,15,19)(H,16,17,18). The van der Waals surface area contributed by atoms with E-state index in [4.69, 9.17) is 4.74 Å². The molecule has 1 aromatic rings. The summed E-state index contributed by atoms with van der Waals surface area (Å²) in [6, 6.07) is 0. The molecule has 0 aliphatic carbocycles. The zero-order valence-electron chi connectivity index (χ0n) is 11.7. The molecular weight excluding hydrogens is 258 g/mol. The monoisotopic (exact) mass is 281 g/mol. The van der Waals surface area contributed by atoms with Gasteiger partial charge in [-0.2, -0.15) is 5.10 Å². The second-order valence-electron chi connectivity index (χ2n) is 4.96. The van der Waals surface area contributed by atoms with Crippen molar-refractivity contribution in [2.75, 3.05) is 26.2 Å². The lowest BCUT2D eigenvalue weighted by atomic mass is 10.1. The highest BCUT2D eigenvalue weighted by Gasteiger charge is 2.13. The summed E-state index contributed by atoms with van der Waals surface area (Å²) in [6.07, 6.45) is 5.98. The van der Waals surface area contributed by atoms with Gasteiger partial charge in [0.25, 0.3) is 0 Å². The van der Waals surface area contributed by atoms with Crippen molar-refractivity contribution < 1.29 is 9.53 Å². The predicted molar refractivity (Wildman–Crippen MR) is 74.2 cm³/mol. The number of amides is 1. The average molecular weight is 281 g/mol. The Morgan fingerprint density at radius 3 is 3.05 bits per heavy atom. The van der Waals surface area contributed by atoms with E-state index in [9.17, 15) is 4.79 Å². The molecule has 0 bridgehead atoms. The van der Waals surface area contributed by atoms with Crippen LogP contribution in [0.3, 0.4) is 0 Å². The number of H-pyrrole nitrogens is 1. The zero-order valence-corrected chi connectivity index (χ0v) is 11.7. The third kappa shape index (κ3) is 5.66. The van der Waals surface area contributed by atoms with Gasteiger partial charge in [-0.25, -0.2) is 4.98 Å². The number of piperidine rings is 1. The summed E-state index contributed by atoms with van der Waals surface area (Å²) >= 11 is 0. The van der Waals surface area contributed by atoms with E-state index in [2.05, 4.69) is 25.8 Å². The van der Waals surface area contributed by atoms with Crippen molar-refractivity contribution in [1.82, 2.24) is 25.8 Å². The third-order valence-electron chi connectivity index (χ3n) is 3.35. The van der Waals surface area contributed by atoms with E-state index in [1.165, 1.54) is 6.33 Å². The molecule has 7 heteroatoms. The van der Waals surface area contributed by atoms with Crippen LogP contribution in [-0.2, 0) is 16.0 Å². The molecule has 1 aliphatic heterocycles. The van der Waals surface area contributed by atoms with Crippen molar-refractivity contribution in [3.05, 3.63) is 12.2 Å². The van der Waals surface area contributed by atoms with Crippen LogP contribution in [0.25, 0.3) is 0 Å². The van der Waals surface area contributed by atoms with E-state index < -0.39 is 0 Å². The Morgan fingerprint density at radius 1 is 1.45 bits per heavy atom. The maximum absolute atomic E-state index is 11.6. The van der Waals surface area contributed by atoms with E-state index in [0.29, 0.717) is 25.7 Å². The van der Waals surface area contributed by atoms with Gasteiger partial charge in [-0.05, 0) is 32.4 Å². The number of ether oxygens (including phenoxy) is 1. The van der Waals surface area contributed by atoms with Gasteiger partial charge < -0.3 is 15.4 Å². The molecule has 1 fully saturated rings. The first-order valence-corrected chi connectivity index (χ1v) is 7.28. The lowest BCUT2D eigenvalue weighted by molar-refractivity contribution is -0.122. The van der Waals surface area contributed by atoms with Gasteiger partial charge in [0, 0.05) is 19.4 Å². The summed E-state index contributed by atoms with van der Waals surface area (Å²) in [5, 5.41) is 12.8. The number of aromatic nitrogens is 3. The van der Waals surface area contributed by atoms with Gasteiger partial charge in [0.2, 0.25) is 5.91 Å². The van der Waals surface area contributed by atoms with Crippen molar-refractivity contribution in [2.45, 2.75) is 38.2 Å². The molecule has 112 valence electrons.